The molecule has 0 unspecified atom stereocenters. The second kappa shape index (κ2) is 7.45. The Bertz CT molecular complexity index is 808. The van der Waals surface area contributed by atoms with E-state index in [1.807, 2.05) is 23.1 Å². The van der Waals surface area contributed by atoms with Crippen LogP contribution in [0, 0.1) is 0 Å². The maximum absolute atomic E-state index is 12.3. The molecule has 24 heavy (non-hydrogen) atoms. The first kappa shape index (κ1) is 16.5. The average Bonchev–Trinajstić information content (AvgIpc) is 2.61. The lowest BCUT2D eigenvalue weighted by atomic mass is 9.93. The Labute approximate surface area is 145 Å². The van der Waals surface area contributed by atoms with Gasteiger partial charge in [0.2, 0.25) is 5.91 Å². The van der Waals surface area contributed by atoms with Crippen LogP contribution in [-0.4, -0.2) is 33.9 Å². The van der Waals surface area contributed by atoms with Crippen molar-refractivity contribution in [3.8, 4) is 0 Å². The lowest BCUT2D eigenvalue weighted by molar-refractivity contribution is -0.126. The predicted octanol–water partition coefficient (Wildman–Crippen LogP) is 2.84. The van der Waals surface area contributed by atoms with Gasteiger partial charge in [0.25, 0.3) is 5.56 Å². The third kappa shape index (κ3) is 3.92. The molecule has 1 aliphatic rings. The second-order valence-electron chi connectivity index (χ2n) is 5.79. The van der Waals surface area contributed by atoms with Crippen molar-refractivity contribution in [1.29, 1.82) is 0 Å². The molecule has 1 amide bonds. The van der Waals surface area contributed by atoms with Crippen molar-refractivity contribution in [2.24, 2.45) is 0 Å². The number of nitrogens with one attached hydrogen (secondary N) is 1. The fourth-order valence-electron chi connectivity index (χ4n) is 2.88. The van der Waals surface area contributed by atoms with E-state index in [0.717, 1.165) is 24.1 Å². The number of carbonyl (C=O) groups excluding carboxylic acids is 1. The molecule has 3 rings (SSSR count). The molecule has 5 nitrogen and oxygen atoms in total. The Morgan fingerprint density at radius 1 is 1.29 bits per heavy atom. The first-order chi connectivity index (χ1) is 11.6. The lowest BCUT2D eigenvalue weighted by Crippen LogP contribution is -2.37. The van der Waals surface area contributed by atoms with Gasteiger partial charge in [-0.25, -0.2) is 4.98 Å². The Morgan fingerprint density at radius 3 is 2.75 bits per heavy atom. The van der Waals surface area contributed by atoms with Gasteiger partial charge in [0, 0.05) is 36.2 Å². The number of hydrogen-bond acceptors (Lipinski definition) is 3. The van der Waals surface area contributed by atoms with E-state index in [-0.39, 0.29) is 17.4 Å². The molecule has 0 saturated carbocycles. The van der Waals surface area contributed by atoms with Crippen LogP contribution in [-0.2, 0) is 4.79 Å². The molecule has 0 bridgehead atoms. The van der Waals surface area contributed by atoms with Crippen LogP contribution < -0.4 is 5.56 Å². The predicted molar refractivity (Wildman–Crippen MR) is 93.9 cm³/mol. The van der Waals surface area contributed by atoms with Crippen LogP contribution in [0.3, 0.4) is 0 Å². The number of hydrogen-bond donors (Lipinski definition) is 1. The summed E-state index contributed by atoms with van der Waals surface area (Å²) in [6.07, 6.45) is 6.36. The highest BCUT2D eigenvalue weighted by Crippen LogP contribution is 2.26. The maximum atomic E-state index is 12.3. The molecule has 1 aromatic heterocycles. The van der Waals surface area contributed by atoms with Gasteiger partial charge in [-0.15, -0.1) is 0 Å². The highest BCUT2D eigenvalue weighted by Gasteiger charge is 2.23. The zero-order chi connectivity index (χ0) is 16.9. The van der Waals surface area contributed by atoms with Gasteiger partial charge in [-0.2, -0.15) is 0 Å². The number of rotatable bonds is 3. The molecular weight excluding hydrogens is 326 g/mol. The Hall–Kier alpha value is -2.40. The highest BCUT2D eigenvalue weighted by atomic mass is 35.5. The van der Waals surface area contributed by atoms with Crippen LogP contribution in [0.1, 0.15) is 30.0 Å². The highest BCUT2D eigenvalue weighted by molar-refractivity contribution is 6.32. The lowest BCUT2D eigenvalue weighted by Gasteiger charge is -2.30. The maximum Gasteiger partial charge on any atom is 0.250 e. The van der Waals surface area contributed by atoms with Crippen LogP contribution in [0.4, 0.5) is 0 Å². The molecule has 1 aromatic carbocycles. The molecule has 2 aromatic rings. The van der Waals surface area contributed by atoms with Gasteiger partial charge in [-0.3, -0.25) is 9.59 Å². The van der Waals surface area contributed by atoms with Crippen molar-refractivity contribution in [1.82, 2.24) is 14.9 Å². The van der Waals surface area contributed by atoms with Crippen LogP contribution in [0.2, 0.25) is 5.02 Å². The van der Waals surface area contributed by atoms with E-state index in [4.69, 9.17) is 11.6 Å². The number of amides is 1. The van der Waals surface area contributed by atoms with Gasteiger partial charge >= 0.3 is 0 Å². The SMILES string of the molecule is O=C(/C=C/c1ccccc1Cl)N1CCC(c2cc(=O)[nH]cn2)CC1. The molecule has 0 aliphatic carbocycles. The van der Waals surface area contributed by atoms with Crippen molar-refractivity contribution >= 4 is 23.6 Å². The third-order valence-electron chi connectivity index (χ3n) is 4.24. The number of halogens is 1. The van der Waals surface area contributed by atoms with Crippen molar-refractivity contribution in [3.05, 3.63) is 69.4 Å². The number of piperidine rings is 1. The van der Waals surface area contributed by atoms with Gasteiger partial charge in [0.05, 0.1) is 12.0 Å². The zero-order valence-electron chi connectivity index (χ0n) is 13.1. The number of likely N-dealkylation sites (tertiary alicyclic amines) is 1. The molecule has 0 spiro atoms. The van der Waals surface area contributed by atoms with Crippen molar-refractivity contribution in [3.63, 3.8) is 0 Å². The van der Waals surface area contributed by atoms with Gasteiger partial charge in [-0.05, 0) is 30.5 Å². The van der Waals surface area contributed by atoms with Crippen molar-refractivity contribution in [2.45, 2.75) is 18.8 Å². The molecule has 2 heterocycles. The van der Waals surface area contributed by atoms with E-state index in [1.54, 1.807) is 24.3 Å². The number of carbonyl (C=O) groups is 1. The summed E-state index contributed by atoms with van der Waals surface area (Å²) in [4.78, 5) is 32.2. The number of nitrogens with zero attached hydrogens (tertiary/aromatic N) is 2. The van der Waals surface area contributed by atoms with E-state index >= 15 is 0 Å². The summed E-state index contributed by atoms with van der Waals surface area (Å²) in [5.74, 6) is 0.205. The smallest absolute Gasteiger partial charge is 0.250 e. The summed E-state index contributed by atoms with van der Waals surface area (Å²) in [5, 5.41) is 0.626. The molecule has 0 radical (unpaired) electrons. The van der Waals surface area contributed by atoms with Crippen molar-refractivity contribution in [2.75, 3.05) is 13.1 Å². The topological polar surface area (TPSA) is 66.1 Å². The summed E-state index contributed by atoms with van der Waals surface area (Å²) in [6, 6.07) is 8.95. The van der Waals surface area contributed by atoms with Gasteiger partial charge in [0.15, 0.2) is 0 Å². The first-order valence-electron chi connectivity index (χ1n) is 7.89. The van der Waals surface area contributed by atoms with E-state index in [0.29, 0.717) is 18.1 Å². The normalized spacial score (nSPS) is 15.8. The first-order valence-corrected chi connectivity index (χ1v) is 8.27. The molecule has 1 fully saturated rings. The molecule has 124 valence electrons. The summed E-state index contributed by atoms with van der Waals surface area (Å²) >= 11 is 6.08. The van der Waals surface area contributed by atoms with Crippen LogP contribution >= 0.6 is 11.6 Å². The molecule has 6 heteroatoms. The molecule has 1 saturated heterocycles. The number of aromatic nitrogens is 2. The fourth-order valence-corrected chi connectivity index (χ4v) is 3.08. The van der Waals surface area contributed by atoms with Gasteiger partial charge in [0.1, 0.15) is 0 Å². The van der Waals surface area contributed by atoms with Crippen LogP contribution in [0.25, 0.3) is 6.08 Å². The van der Waals surface area contributed by atoms with Gasteiger partial charge < -0.3 is 9.88 Å². The van der Waals surface area contributed by atoms with E-state index in [9.17, 15) is 9.59 Å². The largest absolute Gasteiger partial charge is 0.339 e. The Kier molecular flexibility index (Phi) is 5.11. The Balaban J connectivity index is 1.59. The third-order valence-corrected chi connectivity index (χ3v) is 4.58. The van der Waals surface area contributed by atoms with E-state index in [2.05, 4.69) is 9.97 Å². The average molecular weight is 344 g/mol. The minimum absolute atomic E-state index is 0.0211. The molecular formula is C18H18ClN3O2. The van der Waals surface area contributed by atoms with Gasteiger partial charge in [-0.1, -0.05) is 29.8 Å². The fraction of sp³-hybridized carbons (Fsp3) is 0.278. The van der Waals surface area contributed by atoms with Crippen molar-refractivity contribution < 1.29 is 4.79 Å². The molecule has 0 atom stereocenters. The minimum atomic E-state index is -0.138. The molecule has 1 N–H and O–H groups in total. The monoisotopic (exact) mass is 343 g/mol. The number of aromatic amines is 1. The minimum Gasteiger partial charge on any atom is -0.339 e. The van der Waals surface area contributed by atoms with Crippen LogP contribution in [0.5, 0.6) is 0 Å². The quantitative estimate of drug-likeness (QED) is 0.871. The zero-order valence-corrected chi connectivity index (χ0v) is 13.9. The molecule has 1 aliphatic heterocycles. The summed E-state index contributed by atoms with van der Waals surface area (Å²) < 4.78 is 0. The number of benzene rings is 1. The summed E-state index contributed by atoms with van der Waals surface area (Å²) in [6.45, 7) is 1.32. The summed E-state index contributed by atoms with van der Waals surface area (Å²) in [5.41, 5.74) is 1.49. The Morgan fingerprint density at radius 2 is 2.04 bits per heavy atom. The summed E-state index contributed by atoms with van der Waals surface area (Å²) in [7, 11) is 0. The standard InChI is InChI=1S/C18H18ClN3O2/c19-15-4-2-1-3-13(15)5-6-18(24)22-9-7-14(8-10-22)16-11-17(23)21-12-20-16/h1-6,11-12,14H,7-10H2,(H,20,21,23)/b6-5+. The second-order valence-corrected chi connectivity index (χ2v) is 6.20. The number of H-pyrrole nitrogens is 1. The van der Waals surface area contributed by atoms with E-state index < -0.39 is 0 Å². The van der Waals surface area contributed by atoms with Crippen LogP contribution in [0.15, 0.2) is 47.5 Å². The van der Waals surface area contributed by atoms with E-state index in [1.165, 1.54) is 6.33 Å².